The standard InChI is InChI=1S/C10H13BrN2S2/c11-9-6-12-2-1-10(9)13-5-8-7-14-3-4-15-8/h1-2,6,8H,3-5,7H2,(H,12,13). The highest BCUT2D eigenvalue weighted by Gasteiger charge is 2.13. The number of anilines is 1. The number of nitrogens with zero attached hydrogens (tertiary/aromatic N) is 1. The second-order valence-corrected chi connectivity index (χ2v) is 6.72. The lowest BCUT2D eigenvalue weighted by molar-refractivity contribution is 1.00. The summed E-state index contributed by atoms with van der Waals surface area (Å²) in [5, 5.41) is 4.20. The molecule has 0 amide bonds. The van der Waals surface area contributed by atoms with Gasteiger partial charge in [-0.15, -0.1) is 0 Å². The molecule has 0 bridgehead atoms. The minimum atomic E-state index is 0.740. The number of nitrogens with one attached hydrogen (secondary N) is 1. The van der Waals surface area contributed by atoms with E-state index in [4.69, 9.17) is 0 Å². The average molecular weight is 305 g/mol. The summed E-state index contributed by atoms with van der Waals surface area (Å²) in [6.07, 6.45) is 3.64. The fourth-order valence-corrected chi connectivity index (χ4v) is 4.40. The minimum Gasteiger partial charge on any atom is -0.383 e. The second kappa shape index (κ2) is 6.01. The van der Waals surface area contributed by atoms with Crippen molar-refractivity contribution in [3.05, 3.63) is 22.9 Å². The Labute approximate surface area is 107 Å². The van der Waals surface area contributed by atoms with E-state index in [1.54, 1.807) is 0 Å². The van der Waals surface area contributed by atoms with Gasteiger partial charge in [-0.3, -0.25) is 4.98 Å². The molecule has 0 spiro atoms. The first-order valence-electron chi connectivity index (χ1n) is 4.89. The first-order valence-corrected chi connectivity index (χ1v) is 7.88. The molecule has 1 aromatic heterocycles. The Hall–Kier alpha value is 0.130. The molecule has 1 aliphatic rings. The van der Waals surface area contributed by atoms with Crippen LogP contribution >= 0.6 is 39.5 Å². The average Bonchev–Trinajstić information content (AvgIpc) is 2.29. The predicted molar refractivity (Wildman–Crippen MR) is 74.0 cm³/mol. The van der Waals surface area contributed by atoms with Crippen LogP contribution < -0.4 is 5.32 Å². The van der Waals surface area contributed by atoms with Crippen LogP contribution in [0.4, 0.5) is 5.69 Å². The number of pyridine rings is 1. The summed E-state index contributed by atoms with van der Waals surface area (Å²) in [5.41, 5.74) is 1.14. The zero-order chi connectivity index (χ0) is 10.5. The van der Waals surface area contributed by atoms with E-state index < -0.39 is 0 Å². The summed E-state index contributed by atoms with van der Waals surface area (Å²) in [6.45, 7) is 1.04. The lowest BCUT2D eigenvalue weighted by Gasteiger charge is -2.21. The van der Waals surface area contributed by atoms with Crippen LogP contribution in [0, 0.1) is 0 Å². The van der Waals surface area contributed by atoms with Crippen LogP contribution in [0.25, 0.3) is 0 Å². The number of hydrogen-bond acceptors (Lipinski definition) is 4. The van der Waals surface area contributed by atoms with E-state index in [-0.39, 0.29) is 0 Å². The van der Waals surface area contributed by atoms with Gasteiger partial charge in [-0.25, -0.2) is 0 Å². The summed E-state index contributed by atoms with van der Waals surface area (Å²) in [6, 6.07) is 2.00. The number of hydrogen-bond donors (Lipinski definition) is 1. The highest BCUT2D eigenvalue weighted by Crippen LogP contribution is 2.25. The molecule has 1 N–H and O–H groups in total. The molecule has 2 rings (SSSR count). The molecule has 5 heteroatoms. The van der Waals surface area contributed by atoms with Gasteiger partial charge in [0.25, 0.3) is 0 Å². The zero-order valence-corrected chi connectivity index (χ0v) is 11.5. The van der Waals surface area contributed by atoms with Crippen LogP contribution in [0.2, 0.25) is 0 Å². The quantitative estimate of drug-likeness (QED) is 0.927. The van der Waals surface area contributed by atoms with Gasteiger partial charge in [0.1, 0.15) is 0 Å². The molecule has 1 aromatic rings. The smallest absolute Gasteiger partial charge is 0.0590 e. The van der Waals surface area contributed by atoms with E-state index in [0.717, 1.165) is 22.0 Å². The van der Waals surface area contributed by atoms with Crippen molar-refractivity contribution in [3.63, 3.8) is 0 Å². The third kappa shape index (κ3) is 3.57. The van der Waals surface area contributed by atoms with Gasteiger partial charge in [-0.2, -0.15) is 23.5 Å². The van der Waals surface area contributed by atoms with Gasteiger partial charge in [-0.05, 0) is 22.0 Å². The van der Waals surface area contributed by atoms with Gasteiger partial charge in [-0.1, -0.05) is 0 Å². The van der Waals surface area contributed by atoms with Crippen LogP contribution in [0.3, 0.4) is 0 Å². The lowest BCUT2D eigenvalue weighted by Crippen LogP contribution is -2.23. The van der Waals surface area contributed by atoms with Crippen molar-refractivity contribution in [1.82, 2.24) is 4.98 Å². The zero-order valence-electron chi connectivity index (χ0n) is 8.28. The number of halogens is 1. The van der Waals surface area contributed by atoms with E-state index >= 15 is 0 Å². The molecule has 15 heavy (non-hydrogen) atoms. The highest BCUT2D eigenvalue weighted by atomic mass is 79.9. The largest absolute Gasteiger partial charge is 0.383 e. The van der Waals surface area contributed by atoms with Gasteiger partial charge < -0.3 is 5.32 Å². The Balaban J connectivity index is 1.84. The first kappa shape index (κ1) is 11.6. The molecule has 0 saturated carbocycles. The highest BCUT2D eigenvalue weighted by molar-refractivity contribution is 9.10. The van der Waals surface area contributed by atoms with Gasteiger partial charge >= 0.3 is 0 Å². The summed E-state index contributed by atoms with van der Waals surface area (Å²) in [7, 11) is 0. The van der Waals surface area contributed by atoms with E-state index in [1.807, 2.05) is 18.5 Å². The van der Waals surface area contributed by atoms with Gasteiger partial charge in [0.2, 0.25) is 0 Å². The molecule has 2 heterocycles. The van der Waals surface area contributed by atoms with Crippen molar-refractivity contribution in [1.29, 1.82) is 0 Å². The third-order valence-electron chi connectivity index (χ3n) is 2.18. The Morgan fingerprint density at radius 2 is 2.47 bits per heavy atom. The first-order chi connectivity index (χ1) is 7.36. The monoisotopic (exact) mass is 304 g/mol. The fourth-order valence-electron chi connectivity index (χ4n) is 1.40. The van der Waals surface area contributed by atoms with Crippen molar-refractivity contribution in [2.45, 2.75) is 5.25 Å². The molecular formula is C10H13BrN2S2. The molecular weight excluding hydrogens is 292 g/mol. The van der Waals surface area contributed by atoms with E-state index in [1.165, 1.54) is 17.3 Å². The summed E-state index contributed by atoms with van der Waals surface area (Å²) in [4.78, 5) is 4.04. The number of thioether (sulfide) groups is 2. The van der Waals surface area contributed by atoms with Crippen molar-refractivity contribution in [3.8, 4) is 0 Å². The molecule has 82 valence electrons. The molecule has 1 unspecified atom stereocenters. The maximum atomic E-state index is 4.04. The normalized spacial score (nSPS) is 21.3. The summed E-state index contributed by atoms with van der Waals surface area (Å²) in [5.74, 6) is 3.86. The maximum Gasteiger partial charge on any atom is 0.0590 e. The Morgan fingerprint density at radius 3 is 3.20 bits per heavy atom. The van der Waals surface area contributed by atoms with Gasteiger partial charge in [0.05, 0.1) is 10.2 Å². The SMILES string of the molecule is Brc1cnccc1NCC1CSCCS1. The van der Waals surface area contributed by atoms with Crippen LogP contribution in [0.15, 0.2) is 22.9 Å². The predicted octanol–water partition coefficient (Wildman–Crippen LogP) is 3.10. The summed E-state index contributed by atoms with van der Waals surface area (Å²) < 4.78 is 1.04. The maximum absolute atomic E-state index is 4.04. The van der Waals surface area contributed by atoms with E-state index in [2.05, 4.69) is 49.8 Å². The molecule has 2 nitrogen and oxygen atoms in total. The van der Waals surface area contributed by atoms with Crippen LogP contribution in [0.1, 0.15) is 0 Å². The molecule has 0 aromatic carbocycles. The topological polar surface area (TPSA) is 24.9 Å². The van der Waals surface area contributed by atoms with Gasteiger partial charge in [0.15, 0.2) is 0 Å². The van der Waals surface area contributed by atoms with Crippen LogP contribution in [-0.4, -0.2) is 34.0 Å². The molecule has 1 saturated heterocycles. The Kier molecular flexibility index (Phi) is 4.65. The molecule has 1 aliphatic heterocycles. The third-order valence-corrected chi connectivity index (χ3v) is 5.65. The van der Waals surface area contributed by atoms with Crippen molar-refractivity contribution in [2.24, 2.45) is 0 Å². The van der Waals surface area contributed by atoms with Crippen molar-refractivity contribution in [2.75, 3.05) is 29.1 Å². The number of aromatic nitrogens is 1. The second-order valence-electron chi connectivity index (χ2n) is 3.30. The summed E-state index contributed by atoms with van der Waals surface area (Å²) >= 11 is 7.62. The molecule has 0 radical (unpaired) electrons. The Bertz CT molecular complexity index is 316. The molecule has 1 atom stereocenters. The van der Waals surface area contributed by atoms with Gasteiger partial charge in [0, 0.05) is 41.4 Å². The Morgan fingerprint density at radius 1 is 1.53 bits per heavy atom. The van der Waals surface area contributed by atoms with Crippen molar-refractivity contribution >= 4 is 45.1 Å². The number of rotatable bonds is 3. The van der Waals surface area contributed by atoms with Crippen molar-refractivity contribution < 1.29 is 0 Å². The lowest BCUT2D eigenvalue weighted by atomic mass is 10.4. The fraction of sp³-hybridized carbons (Fsp3) is 0.500. The van der Waals surface area contributed by atoms with E-state index in [9.17, 15) is 0 Å². The molecule has 0 aliphatic carbocycles. The molecule has 1 fully saturated rings. The van der Waals surface area contributed by atoms with Crippen LogP contribution in [0.5, 0.6) is 0 Å². The van der Waals surface area contributed by atoms with Crippen LogP contribution in [-0.2, 0) is 0 Å². The van der Waals surface area contributed by atoms with E-state index in [0.29, 0.717) is 0 Å². The minimum absolute atomic E-state index is 0.740.